The van der Waals surface area contributed by atoms with Crippen LogP contribution < -0.4 is 9.62 Å². The van der Waals surface area contributed by atoms with Crippen molar-refractivity contribution < 1.29 is 13.6 Å². The van der Waals surface area contributed by atoms with Gasteiger partial charge < -0.3 is 9.87 Å². The fourth-order valence-electron chi connectivity index (χ4n) is 2.95. The van der Waals surface area contributed by atoms with Crippen LogP contribution in [-0.4, -0.2) is 24.4 Å². The average Bonchev–Trinajstić information content (AvgIpc) is 3.01. The molecule has 0 aliphatic carbocycles. The monoisotopic (exact) mass is 411 g/mol. The van der Waals surface area contributed by atoms with Crippen LogP contribution in [0.25, 0.3) is 0 Å². The lowest BCUT2D eigenvalue weighted by atomic mass is 10.1. The van der Waals surface area contributed by atoms with Crippen LogP contribution in [-0.2, 0) is 24.9 Å². The van der Waals surface area contributed by atoms with E-state index in [1.54, 1.807) is 41.2 Å². The highest BCUT2D eigenvalue weighted by Gasteiger charge is 2.16. The van der Waals surface area contributed by atoms with Gasteiger partial charge in [-0.1, -0.05) is 23.8 Å². The van der Waals surface area contributed by atoms with E-state index in [-0.39, 0.29) is 5.91 Å². The van der Waals surface area contributed by atoms with Gasteiger partial charge in [0.15, 0.2) is 0 Å². The molecule has 0 saturated heterocycles. The lowest BCUT2D eigenvalue weighted by Crippen LogP contribution is -2.24. The van der Waals surface area contributed by atoms with E-state index < -0.39 is 11.3 Å². The number of rotatable bonds is 6. The zero-order valence-electron chi connectivity index (χ0n) is 16.8. The lowest BCUT2D eigenvalue weighted by molar-refractivity contribution is 0.0951. The van der Waals surface area contributed by atoms with Gasteiger partial charge in [-0.05, 0) is 50.6 Å². The number of carbonyl (C=O) groups is 1. The molecule has 152 valence electrons. The van der Waals surface area contributed by atoms with Crippen LogP contribution in [0.15, 0.2) is 48.7 Å². The Morgan fingerprint density at radius 3 is 2.45 bits per heavy atom. The number of amides is 1. The van der Waals surface area contributed by atoms with E-state index >= 15 is 0 Å². The summed E-state index contributed by atoms with van der Waals surface area (Å²) in [6.45, 7) is 6.02. The summed E-state index contributed by atoms with van der Waals surface area (Å²) in [5.74, 6) is -0.282. The molecule has 1 amide bonds. The van der Waals surface area contributed by atoms with Crippen LogP contribution in [0.4, 0.5) is 11.4 Å². The smallest absolute Gasteiger partial charge is 0.251 e. The number of aromatic nitrogens is 2. The van der Waals surface area contributed by atoms with Crippen molar-refractivity contribution in [2.75, 3.05) is 4.31 Å². The minimum atomic E-state index is -2.54. The van der Waals surface area contributed by atoms with Gasteiger partial charge in [0.2, 0.25) is 0 Å². The van der Waals surface area contributed by atoms with Gasteiger partial charge in [0.25, 0.3) is 5.91 Å². The number of aryl methyl sites for hydroxylation is 3. The second-order valence-electron chi connectivity index (χ2n) is 6.91. The first-order valence-electron chi connectivity index (χ1n) is 9.10. The van der Waals surface area contributed by atoms with Crippen LogP contribution in [0.2, 0.25) is 0 Å². The molecule has 3 rings (SSSR count). The number of benzene rings is 2. The predicted molar refractivity (Wildman–Crippen MR) is 113 cm³/mol. The number of hydrogen-bond acceptors (Lipinski definition) is 4. The van der Waals surface area contributed by atoms with Crippen molar-refractivity contribution in [3.8, 4) is 0 Å². The van der Waals surface area contributed by atoms with E-state index in [0.29, 0.717) is 23.5 Å². The Morgan fingerprint density at radius 2 is 1.86 bits per heavy atom. The fourth-order valence-corrected chi connectivity index (χ4v) is 3.60. The molecule has 3 aromatic rings. The average molecular weight is 412 g/mol. The molecule has 0 bridgehead atoms. The highest BCUT2D eigenvalue weighted by Crippen LogP contribution is 2.30. The third kappa shape index (κ3) is 4.55. The molecule has 8 heteroatoms. The van der Waals surface area contributed by atoms with Crippen molar-refractivity contribution >= 4 is 28.5 Å². The van der Waals surface area contributed by atoms with Crippen molar-refractivity contribution in [3.63, 3.8) is 0 Å². The molecule has 29 heavy (non-hydrogen) atoms. The molecule has 1 unspecified atom stereocenters. The van der Waals surface area contributed by atoms with Crippen molar-refractivity contribution in [2.45, 2.75) is 27.3 Å². The first kappa shape index (κ1) is 20.8. The summed E-state index contributed by atoms with van der Waals surface area (Å²) in [6.07, 6.45) is 1.72. The Morgan fingerprint density at radius 1 is 1.17 bits per heavy atom. The van der Waals surface area contributed by atoms with Crippen LogP contribution in [0.1, 0.15) is 32.7 Å². The summed E-state index contributed by atoms with van der Waals surface area (Å²) in [7, 11) is 1.84. The Balaban J connectivity index is 1.87. The Labute approximate surface area is 172 Å². The molecule has 0 aliphatic rings. The van der Waals surface area contributed by atoms with Gasteiger partial charge in [0.1, 0.15) is 0 Å². The van der Waals surface area contributed by atoms with Gasteiger partial charge in [-0.3, -0.25) is 18.0 Å². The number of nitrogens with zero attached hydrogens (tertiary/aromatic N) is 3. The maximum Gasteiger partial charge on any atom is 0.251 e. The maximum atomic E-state index is 12.7. The Bertz CT molecular complexity index is 1060. The molecule has 7 nitrogen and oxygen atoms in total. The topological polar surface area (TPSA) is 90.3 Å². The predicted octanol–water partition coefficient (Wildman–Crippen LogP) is 3.21. The zero-order valence-corrected chi connectivity index (χ0v) is 17.6. The van der Waals surface area contributed by atoms with Crippen molar-refractivity contribution in [1.29, 1.82) is 0 Å². The molecule has 0 saturated carbocycles. The molecule has 1 aromatic heterocycles. The van der Waals surface area contributed by atoms with E-state index in [1.165, 1.54) is 4.31 Å². The minimum absolute atomic E-state index is 0.282. The number of carbonyl (C=O) groups excluding carboxylic acids is 1. The highest BCUT2D eigenvalue weighted by molar-refractivity contribution is 7.81. The van der Waals surface area contributed by atoms with Gasteiger partial charge in [-0.25, -0.2) is 0 Å². The number of nitrogens with one attached hydrogen (secondary N) is 1. The molecule has 0 fully saturated rings. The van der Waals surface area contributed by atoms with Crippen molar-refractivity contribution in [1.82, 2.24) is 15.1 Å². The van der Waals surface area contributed by atoms with Crippen LogP contribution in [0.5, 0.6) is 0 Å². The summed E-state index contributed by atoms with van der Waals surface area (Å²) in [5.41, 5.74) is 5.00. The summed E-state index contributed by atoms with van der Waals surface area (Å²) < 4.78 is 26.9. The molecular formula is C21H23N4O3S-. The summed E-state index contributed by atoms with van der Waals surface area (Å²) >= 11 is -2.54. The standard InChI is InChI=1S/C21H24N4O3S/c1-14-5-9-19(10-6-14)25(29(27)28)20-11-17(8-7-15(20)2)21(26)22-12-18-13-23-24(4)16(18)3/h5-11,13H,12H2,1-4H3,(H,22,26)(H,27,28)/p-1. The van der Waals surface area contributed by atoms with E-state index in [0.717, 1.165) is 22.4 Å². The summed E-state index contributed by atoms with van der Waals surface area (Å²) in [4.78, 5) is 12.7. The highest BCUT2D eigenvalue weighted by atomic mass is 32.2. The van der Waals surface area contributed by atoms with Gasteiger partial charge >= 0.3 is 0 Å². The van der Waals surface area contributed by atoms with Crippen LogP contribution >= 0.6 is 0 Å². The molecule has 0 spiro atoms. The number of hydrogen-bond donors (Lipinski definition) is 1. The molecule has 0 aliphatic heterocycles. The Kier molecular flexibility index (Phi) is 6.14. The molecule has 1 atom stereocenters. The second kappa shape index (κ2) is 8.59. The van der Waals surface area contributed by atoms with Gasteiger partial charge in [0.05, 0.1) is 28.8 Å². The summed E-state index contributed by atoms with van der Waals surface area (Å²) in [5, 5.41) is 7.03. The van der Waals surface area contributed by atoms with Crippen molar-refractivity contribution in [3.05, 3.63) is 76.6 Å². The van der Waals surface area contributed by atoms with Crippen LogP contribution in [0, 0.1) is 20.8 Å². The quantitative estimate of drug-likeness (QED) is 0.631. The molecular weight excluding hydrogens is 388 g/mol. The van der Waals surface area contributed by atoms with Gasteiger partial charge in [0, 0.05) is 30.4 Å². The third-order valence-corrected chi connectivity index (χ3v) is 5.59. The van der Waals surface area contributed by atoms with E-state index in [4.69, 9.17) is 0 Å². The molecule has 1 N–H and O–H groups in total. The van der Waals surface area contributed by atoms with E-state index in [1.807, 2.05) is 40.0 Å². The largest absolute Gasteiger partial charge is 0.755 e. The molecule has 1 heterocycles. The van der Waals surface area contributed by atoms with E-state index in [2.05, 4.69) is 10.4 Å². The SMILES string of the molecule is Cc1ccc(N(c2cc(C(=O)NCc3cnn(C)c3C)ccc2C)S(=O)[O-])cc1. The molecule has 0 radical (unpaired) electrons. The fraction of sp³-hybridized carbons (Fsp3) is 0.238. The normalized spacial score (nSPS) is 11.9. The van der Waals surface area contributed by atoms with E-state index in [9.17, 15) is 13.6 Å². The van der Waals surface area contributed by atoms with Crippen LogP contribution in [0.3, 0.4) is 0 Å². The lowest BCUT2D eigenvalue weighted by Gasteiger charge is -2.28. The van der Waals surface area contributed by atoms with Crippen molar-refractivity contribution in [2.24, 2.45) is 7.05 Å². The van der Waals surface area contributed by atoms with Gasteiger partial charge in [-0.15, -0.1) is 0 Å². The van der Waals surface area contributed by atoms with Gasteiger partial charge in [-0.2, -0.15) is 5.10 Å². The number of anilines is 2. The minimum Gasteiger partial charge on any atom is -0.755 e. The Hall–Kier alpha value is -2.97. The second-order valence-corrected chi connectivity index (χ2v) is 7.71. The maximum absolute atomic E-state index is 12.7. The first-order chi connectivity index (χ1) is 13.8. The third-order valence-electron chi connectivity index (χ3n) is 4.88. The first-order valence-corrected chi connectivity index (χ1v) is 10.1. The zero-order chi connectivity index (χ0) is 21.1. The summed E-state index contributed by atoms with van der Waals surface area (Å²) in [6, 6.07) is 12.2. The molecule has 2 aromatic carbocycles.